The molecule has 1 heterocycles. The van der Waals surface area contributed by atoms with Crippen LogP contribution >= 0.6 is 11.8 Å². The molecule has 2 aromatic rings. The number of aromatic nitrogens is 1. The zero-order chi connectivity index (χ0) is 12.6. The molecule has 3 nitrogen and oxygen atoms in total. The SMILES string of the molecule is COc1ccccc1OCCSc1ccncc1. The van der Waals surface area contributed by atoms with Gasteiger partial charge in [0.25, 0.3) is 0 Å². The lowest BCUT2D eigenvalue weighted by Crippen LogP contribution is -2.01. The molecule has 0 atom stereocenters. The molecule has 0 spiro atoms. The number of thioether (sulfide) groups is 1. The van der Waals surface area contributed by atoms with Crippen molar-refractivity contribution in [1.29, 1.82) is 0 Å². The lowest BCUT2D eigenvalue weighted by molar-refractivity contribution is 0.313. The molecule has 0 fully saturated rings. The summed E-state index contributed by atoms with van der Waals surface area (Å²) in [6.07, 6.45) is 3.59. The number of rotatable bonds is 6. The van der Waals surface area contributed by atoms with Crippen LogP contribution in [0.15, 0.2) is 53.7 Å². The van der Waals surface area contributed by atoms with Crippen LogP contribution in [0.25, 0.3) is 0 Å². The minimum atomic E-state index is 0.646. The fourth-order valence-corrected chi connectivity index (χ4v) is 2.20. The smallest absolute Gasteiger partial charge is 0.161 e. The fourth-order valence-electron chi connectivity index (χ4n) is 1.48. The van der Waals surface area contributed by atoms with Crippen molar-refractivity contribution in [2.75, 3.05) is 19.5 Å². The molecule has 0 saturated carbocycles. The molecule has 2 rings (SSSR count). The van der Waals surface area contributed by atoms with E-state index in [1.54, 1.807) is 31.3 Å². The third kappa shape index (κ3) is 3.67. The summed E-state index contributed by atoms with van der Waals surface area (Å²) in [5.74, 6) is 2.45. The van der Waals surface area contributed by atoms with E-state index in [2.05, 4.69) is 4.98 Å². The van der Waals surface area contributed by atoms with Gasteiger partial charge in [0.15, 0.2) is 11.5 Å². The molecule has 0 N–H and O–H groups in total. The normalized spacial score (nSPS) is 10.1. The predicted molar refractivity (Wildman–Crippen MR) is 73.5 cm³/mol. The molecule has 0 saturated heterocycles. The van der Waals surface area contributed by atoms with Crippen LogP contribution in [0.1, 0.15) is 0 Å². The van der Waals surface area contributed by atoms with Crippen LogP contribution in [0.5, 0.6) is 11.5 Å². The van der Waals surface area contributed by atoms with Crippen molar-refractivity contribution in [3.05, 3.63) is 48.8 Å². The van der Waals surface area contributed by atoms with Gasteiger partial charge in [-0.2, -0.15) is 0 Å². The zero-order valence-corrected chi connectivity index (χ0v) is 11.0. The molecular weight excluding hydrogens is 246 g/mol. The molecule has 1 aromatic carbocycles. The molecule has 0 unspecified atom stereocenters. The van der Waals surface area contributed by atoms with Crippen LogP contribution < -0.4 is 9.47 Å². The van der Waals surface area contributed by atoms with Gasteiger partial charge in [0.2, 0.25) is 0 Å². The van der Waals surface area contributed by atoms with Crippen molar-refractivity contribution in [2.45, 2.75) is 4.90 Å². The summed E-state index contributed by atoms with van der Waals surface area (Å²) in [6.45, 7) is 0.646. The van der Waals surface area contributed by atoms with Crippen molar-refractivity contribution in [3.8, 4) is 11.5 Å². The summed E-state index contributed by atoms with van der Waals surface area (Å²) < 4.78 is 10.9. The second-order valence-electron chi connectivity index (χ2n) is 3.53. The highest BCUT2D eigenvalue weighted by Crippen LogP contribution is 2.26. The lowest BCUT2D eigenvalue weighted by Gasteiger charge is -2.09. The van der Waals surface area contributed by atoms with E-state index in [9.17, 15) is 0 Å². The summed E-state index contributed by atoms with van der Waals surface area (Å²) in [6, 6.07) is 11.7. The highest BCUT2D eigenvalue weighted by atomic mass is 32.2. The molecule has 0 aliphatic rings. The average molecular weight is 261 g/mol. The topological polar surface area (TPSA) is 31.4 Å². The Bertz CT molecular complexity index is 476. The van der Waals surface area contributed by atoms with Gasteiger partial charge in [-0.15, -0.1) is 11.8 Å². The maximum atomic E-state index is 5.69. The Hall–Kier alpha value is -1.68. The predicted octanol–water partition coefficient (Wildman–Crippen LogP) is 3.26. The number of para-hydroxylation sites is 2. The fraction of sp³-hybridized carbons (Fsp3) is 0.214. The van der Waals surface area contributed by atoms with Crippen LogP contribution in [0.3, 0.4) is 0 Å². The number of hydrogen-bond acceptors (Lipinski definition) is 4. The number of nitrogens with zero attached hydrogens (tertiary/aromatic N) is 1. The summed E-state index contributed by atoms with van der Waals surface area (Å²) >= 11 is 1.75. The number of pyridine rings is 1. The van der Waals surface area contributed by atoms with E-state index in [1.807, 2.05) is 36.4 Å². The molecule has 0 aliphatic heterocycles. The maximum absolute atomic E-state index is 5.69. The first-order valence-electron chi connectivity index (χ1n) is 5.69. The summed E-state index contributed by atoms with van der Waals surface area (Å²) in [7, 11) is 1.65. The summed E-state index contributed by atoms with van der Waals surface area (Å²) in [5, 5.41) is 0. The van der Waals surface area contributed by atoms with E-state index in [4.69, 9.17) is 9.47 Å². The second-order valence-corrected chi connectivity index (χ2v) is 4.70. The number of hydrogen-bond donors (Lipinski definition) is 0. The van der Waals surface area contributed by atoms with Crippen LogP contribution in [-0.2, 0) is 0 Å². The van der Waals surface area contributed by atoms with Crippen molar-refractivity contribution < 1.29 is 9.47 Å². The van der Waals surface area contributed by atoms with Gasteiger partial charge in [-0.05, 0) is 24.3 Å². The van der Waals surface area contributed by atoms with Crippen LogP contribution in [0.2, 0.25) is 0 Å². The molecule has 0 radical (unpaired) electrons. The lowest BCUT2D eigenvalue weighted by atomic mass is 10.3. The van der Waals surface area contributed by atoms with Gasteiger partial charge in [-0.25, -0.2) is 0 Å². The molecule has 0 bridgehead atoms. The van der Waals surface area contributed by atoms with Crippen LogP contribution in [0, 0.1) is 0 Å². The first-order valence-corrected chi connectivity index (χ1v) is 6.67. The van der Waals surface area contributed by atoms with Crippen LogP contribution in [-0.4, -0.2) is 24.5 Å². The highest BCUT2D eigenvalue weighted by Gasteiger charge is 2.02. The van der Waals surface area contributed by atoms with E-state index in [0.717, 1.165) is 17.3 Å². The van der Waals surface area contributed by atoms with Gasteiger partial charge in [-0.3, -0.25) is 4.98 Å². The average Bonchev–Trinajstić information content (AvgIpc) is 2.45. The number of ether oxygens (including phenoxy) is 2. The van der Waals surface area contributed by atoms with Gasteiger partial charge in [0.05, 0.1) is 13.7 Å². The molecule has 94 valence electrons. The van der Waals surface area contributed by atoms with Gasteiger partial charge in [0.1, 0.15) is 0 Å². The quantitative estimate of drug-likeness (QED) is 0.590. The molecule has 0 amide bonds. The standard InChI is InChI=1S/C14H15NO2S/c1-16-13-4-2-3-5-14(13)17-10-11-18-12-6-8-15-9-7-12/h2-9H,10-11H2,1H3. The molecular formula is C14H15NO2S. The maximum Gasteiger partial charge on any atom is 0.161 e. The minimum Gasteiger partial charge on any atom is -0.493 e. The Labute approximate surface area is 111 Å². The van der Waals surface area contributed by atoms with E-state index >= 15 is 0 Å². The highest BCUT2D eigenvalue weighted by molar-refractivity contribution is 7.99. The number of methoxy groups -OCH3 is 1. The second kappa shape index (κ2) is 6.91. The molecule has 4 heteroatoms. The first-order chi connectivity index (χ1) is 8.90. The minimum absolute atomic E-state index is 0.646. The van der Waals surface area contributed by atoms with E-state index in [1.165, 1.54) is 4.90 Å². The van der Waals surface area contributed by atoms with Gasteiger partial charge >= 0.3 is 0 Å². The van der Waals surface area contributed by atoms with E-state index in [-0.39, 0.29) is 0 Å². The summed E-state index contributed by atoms with van der Waals surface area (Å²) in [5.41, 5.74) is 0. The number of benzene rings is 1. The Morgan fingerprint density at radius 1 is 1.06 bits per heavy atom. The van der Waals surface area contributed by atoms with E-state index < -0.39 is 0 Å². The molecule has 18 heavy (non-hydrogen) atoms. The Morgan fingerprint density at radius 3 is 2.50 bits per heavy atom. The Morgan fingerprint density at radius 2 is 1.78 bits per heavy atom. The van der Waals surface area contributed by atoms with Gasteiger partial charge in [-0.1, -0.05) is 12.1 Å². The first kappa shape index (κ1) is 12.8. The third-order valence-electron chi connectivity index (χ3n) is 2.33. The molecule has 0 aliphatic carbocycles. The Balaban J connectivity index is 1.78. The van der Waals surface area contributed by atoms with Crippen molar-refractivity contribution in [3.63, 3.8) is 0 Å². The summed E-state index contributed by atoms with van der Waals surface area (Å²) in [4.78, 5) is 5.19. The molecule has 1 aromatic heterocycles. The zero-order valence-electron chi connectivity index (χ0n) is 10.2. The third-order valence-corrected chi connectivity index (χ3v) is 3.30. The van der Waals surface area contributed by atoms with Crippen molar-refractivity contribution in [2.24, 2.45) is 0 Å². The Kier molecular flexibility index (Phi) is 4.90. The van der Waals surface area contributed by atoms with E-state index in [0.29, 0.717) is 6.61 Å². The van der Waals surface area contributed by atoms with Gasteiger partial charge in [0, 0.05) is 23.0 Å². The van der Waals surface area contributed by atoms with Gasteiger partial charge < -0.3 is 9.47 Å². The largest absolute Gasteiger partial charge is 0.493 e. The monoisotopic (exact) mass is 261 g/mol. The van der Waals surface area contributed by atoms with Crippen molar-refractivity contribution in [1.82, 2.24) is 4.98 Å². The van der Waals surface area contributed by atoms with Crippen molar-refractivity contribution >= 4 is 11.8 Å². The van der Waals surface area contributed by atoms with Crippen LogP contribution in [0.4, 0.5) is 0 Å².